The third-order valence-electron chi connectivity index (χ3n) is 2.99. The summed E-state index contributed by atoms with van der Waals surface area (Å²) < 4.78 is 12.7. The molecule has 0 spiro atoms. The van der Waals surface area contributed by atoms with Gasteiger partial charge in [-0.1, -0.05) is 24.3 Å². The van der Waals surface area contributed by atoms with E-state index in [2.05, 4.69) is 5.32 Å². The van der Waals surface area contributed by atoms with Gasteiger partial charge in [-0.25, -0.2) is 4.39 Å². The molecular formula is C16H17FN2O. The van der Waals surface area contributed by atoms with E-state index >= 15 is 0 Å². The predicted octanol–water partition coefficient (Wildman–Crippen LogP) is 2.31. The van der Waals surface area contributed by atoms with Crippen LogP contribution < -0.4 is 11.1 Å². The fourth-order valence-corrected chi connectivity index (χ4v) is 1.88. The van der Waals surface area contributed by atoms with Gasteiger partial charge in [0.1, 0.15) is 5.82 Å². The number of benzene rings is 2. The highest BCUT2D eigenvalue weighted by atomic mass is 19.1. The molecule has 0 atom stereocenters. The molecule has 0 unspecified atom stereocenters. The summed E-state index contributed by atoms with van der Waals surface area (Å²) in [6.07, 6.45) is 1.03. The SMILES string of the molecule is Nc1ccc(CC(=O)NCCc2ccc(F)cc2)cc1. The molecule has 4 heteroatoms. The Hall–Kier alpha value is -2.36. The fraction of sp³-hybridized carbons (Fsp3) is 0.188. The fourth-order valence-electron chi connectivity index (χ4n) is 1.88. The summed E-state index contributed by atoms with van der Waals surface area (Å²) in [5.41, 5.74) is 8.20. The molecular weight excluding hydrogens is 255 g/mol. The van der Waals surface area contributed by atoms with Crippen molar-refractivity contribution in [3.63, 3.8) is 0 Å². The largest absolute Gasteiger partial charge is 0.399 e. The highest BCUT2D eigenvalue weighted by molar-refractivity contribution is 5.78. The van der Waals surface area contributed by atoms with Gasteiger partial charge in [0.2, 0.25) is 5.91 Å². The van der Waals surface area contributed by atoms with Crippen LogP contribution in [0.1, 0.15) is 11.1 Å². The van der Waals surface area contributed by atoms with E-state index in [0.29, 0.717) is 25.1 Å². The topological polar surface area (TPSA) is 55.1 Å². The number of halogens is 1. The van der Waals surface area contributed by atoms with Crippen LogP contribution in [0.2, 0.25) is 0 Å². The number of nitrogens with one attached hydrogen (secondary N) is 1. The number of amides is 1. The van der Waals surface area contributed by atoms with E-state index < -0.39 is 0 Å². The van der Waals surface area contributed by atoms with Gasteiger partial charge in [-0.15, -0.1) is 0 Å². The van der Waals surface area contributed by atoms with Crippen molar-refractivity contribution < 1.29 is 9.18 Å². The van der Waals surface area contributed by atoms with E-state index in [1.54, 1.807) is 24.3 Å². The Balaban J connectivity index is 1.75. The maximum atomic E-state index is 12.7. The van der Waals surface area contributed by atoms with Gasteiger partial charge < -0.3 is 11.1 Å². The van der Waals surface area contributed by atoms with Crippen molar-refractivity contribution in [3.8, 4) is 0 Å². The highest BCUT2D eigenvalue weighted by Crippen LogP contribution is 2.06. The minimum absolute atomic E-state index is 0.0307. The summed E-state index contributed by atoms with van der Waals surface area (Å²) in [7, 11) is 0. The average Bonchev–Trinajstić information content (AvgIpc) is 2.44. The smallest absolute Gasteiger partial charge is 0.224 e. The predicted molar refractivity (Wildman–Crippen MR) is 77.7 cm³/mol. The summed E-state index contributed by atoms with van der Waals surface area (Å²) in [4.78, 5) is 11.7. The first-order valence-corrected chi connectivity index (χ1v) is 6.49. The monoisotopic (exact) mass is 272 g/mol. The molecule has 0 bridgehead atoms. The van der Waals surface area contributed by atoms with Crippen LogP contribution in [0.3, 0.4) is 0 Å². The van der Waals surface area contributed by atoms with Crippen molar-refractivity contribution in [2.75, 3.05) is 12.3 Å². The van der Waals surface area contributed by atoms with E-state index in [9.17, 15) is 9.18 Å². The van der Waals surface area contributed by atoms with Crippen molar-refractivity contribution in [3.05, 3.63) is 65.5 Å². The molecule has 0 aliphatic rings. The number of anilines is 1. The minimum atomic E-state index is -0.249. The molecule has 0 saturated heterocycles. The maximum Gasteiger partial charge on any atom is 0.224 e. The Morgan fingerprint density at radius 1 is 1.00 bits per heavy atom. The number of nitrogen functional groups attached to an aromatic ring is 1. The van der Waals surface area contributed by atoms with Crippen molar-refractivity contribution >= 4 is 11.6 Å². The van der Waals surface area contributed by atoms with Gasteiger partial charge in [0.15, 0.2) is 0 Å². The molecule has 3 nitrogen and oxygen atoms in total. The van der Waals surface area contributed by atoms with Crippen LogP contribution >= 0.6 is 0 Å². The second-order valence-electron chi connectivity index (χ2n) is 4.64. The third kappa shape index (κ3) is 4.39. The van der Waals surface area contributed by atoms with Gasteiger partial charge in [-0.3, -0.25) is 4.79 Å². The van der Waals surface area contributed by atoms with Crippen molar-refractivity contribution in [2.45, 2.75) is 12.8 Å². The van der Waals surface area contributed by atoms with Gasteiger partial charge in [0.25, 0.3) is 0 Å². The van der Waals surface area contributed by atoms with Crippen LogP contribution in [0.25, 0.3) is 0 Å². The lowest BCUT2D eigenvalue weighted by Crippen LogP contribution is -2.27. The molecule has 1 amide bonds. The van der Waals surface area contributed by atoms with Crippen molar-refractivity contribution in [1.29, 1.82) is 0 Å². The van der Waals surface area contributed by atoms with Gasteiger partial charge in [-0.05, 0) is 41.8 Å². The quantitative estimate of drug-likeness (QED) is 0.821. The molecule has 0 aromatic heterocycles. The Morgan fingerprint density at radius 2 is 1.60 bits per heavy atom. The lowest BCUT2D eigenvalue weighted by Gasteiger charge is -2.06. The van der Waals surface area contributed by atoms with Crippen LogP contribution in [0.5, 0.6) is 0 Å². The molecule has 0 aliphatic carbocycles. The van der Waals surface area contributed by atoms with Crippen LogP contribution in [0, 0.1) is 5.82 Å². The Labute approximate surface area is 117 Å². The first kappa shape index (κ1) is 14.1. The zero-order valence-corrected chi connectivity index (χ0v) is 11.1. The molecule has 2 rings (SSSR count). The van der Waals surface area contributed by atoms with Crippen molar-refractivity contribution in [1.82, 2.24) is 5.32 Å². The van der Waals surface area contributed by atoms with Gasteiger partial charge in [0, 0.05) is 12.2 Å². The standard InChI is InChI=1S/C16H17FN2O/c17-14-5-1-12(2-6-14)9-10-19-16(20)11-13-3-7-15(18)8-4-13/h1-8H,9-11,18H2,(H,19,20). The third-order valence-corrected chi connectivity index (χ3v) is 2.99. The van der Waals surface area contributed by atoms with E-state index in [0.717, 1.165) is 11.1 Å². The van der Waals surface area contributed by atoms with Gasteiger partial charge in [0.05, 0.1) is 6.42 Å². The van der Waals surface area contributed by atoms with Gasteiger partial charge in [-0.2, -0.15) is 0 Å². The second kappa shape index (κ2) is 6.70. The Bertz CT molecular complexity index is 564. The van der Waals surface area contributed by atoms with E-state index in [4.69, 9.17) is 5.73 Å². The number of rotatable bonds is 5. The molecule has 20 heavy (non-hydrogen) atoms. The number of carbonyl (C=O) groups excluding carboxylic acids is 1. The molecule has 0 aliphatic heterocycles. The zero-order chi connectivity index (χ0) is 14.4. The lowest BCUT2D eigenvalue weighted by atomic mass is 10.1. The maximum absolute atomic E-state index is 12.7. The number of hydrogen-bond donors (Lipinski definition) is 2. The number of nitrogens with two attached hydrogens (primary N) is 1. The van der Waals surface area contributed by atoms with Crippen LogP contribution in [-0.2, 0) is 17.6 Å². The molecule has 3 N–H and O–H groups in total. The molecule has 2 aromatic carbocycles. The number of hydrogen-bond acceptors (Lipinski definition) is 2. The molecule has 0 fully saturated rings. The first-order valence-electron chi connectivity index (χ1n) is 6.49. The summed E-state index contributed by atoms with van der Waals surface area (Å²) in [5, 5.41) is 2.84. The minimum Gasteiger partial charge on any atom is -0.399 e. The molecule has 0 heterocycles. The van der Waals surface area contributed by atoms with E-state index in [1.807, 2.05) is 12.1 Å². The molecule has 0 saturated carbocycles. The molecule has 2 aromatic rings. The second-order valence-corrected chi connectivity index (χ2v) is 4.64. The first-order chi connectivity index (χ1) is 9.63. The highest BCUT2D eigenvalue weighted by Gasteiger charge is 2.03. The molecule has 0 radical (unpaired) electrons. The lowest BCUT2D eigenvalue weighted by molar-refractivity contribution is -0.120. The zero-order valence-electron chi connectivity index (χ0n) is 11.1. The molecule has 104 valence electrons. The Kier molecular flexibility index (Phi) is 4.71. The van der Waals surface area contributed by atoms with E-state index in [1.165, 1.54) is 12.1 Å². The normalized spacial score (nSPS) is 10.2. The van der Waals surface area contributed by atoms with Crippen molar-refractivity contribution in [2.24, 2.45) is 0 Å². The van der Waals surface area contributed by atoms with Crippen LogP contribution in [0.4, 0.5) is 10.1 Å². The van der Waals surface area contributed by atoms with Gasteiger partial charge >= 0.3 is 0 Å². The van der Waals surface area contributed by atoms with Crippen LogP contribution in [0.15, 0.2) is 48.5 Å². The number of carbonyl (C=O) groups is 1. The Morgan fingerprint density at radius 3 is 2.25 bits per heavy atom. The summed E-state index contributed by atoms with van der Waals surface area (Å²) in [6.45, 7) is 0.541. The summed E-state index contributed by atoms with van der Waals surface area (Å²) >= 11 is 0. The van der Waals surface area contributed by atoms with E-state index in [-0.39, 0.29) is 11.7 Å². The summed E-state index contributed by atoms with van der Waals surface area (Å²) in [5.74, 6) is -0.280. The average molecular weight is 272 g/mol. The van der Waals surface area contributed by atoms with Crippen LogP contribution in [-0.4, -0.2) is 12.5 Å². The summed E-state index contributed by atoms with van der Waals surface area (Å²) in [6, 6.07) is 13.5.